The van der Waals surface area contributed by atoms with E-state index < -0.39 is 13.4 Å². The summed E-state index contributed by atoms with van der Waals surface area (Å²) in [5.41, 5.74) is 0. The van der Waals surface area contributed by atoms with E-state index in [9.17, 15) is 9.46 Å². The van der Waals surface area contributed by atoms with Crippen LogP contribution in [0.2, 0.25) is 0 Å². The Morgan fingerprint density at radius 3 is 1.92 bits per heavy atom. The molecule has 1 unspecified atom stereocenters. The Bertz CT molecular complexity index is 153. The molecule has 0 amide bonds. The SMILES string of the molecule is CCOC(OCC)P(=O)([O-])CC. The molecule has 1 atom stereocenters. The van der Waals surface area contributed by atoms with Crippen LogP contribution >= 0.6 is 7.37 Å². The fourth-order valence-electron chi connectivity index (χ4n) is 0.709. The fourth-order valence-corrected chi connectivity index (χ4v) is 1.76. The van der Waals surface area contributed by atoms with E-state index in [1.165, 1.54) is 0 Å². The van der Waals surface area contributed by atoms with Crippen LogP contribution < -0.4 is 4.89 Å². The van der Waals surface area contributed by atoms with Crippen molar-refractivity contribution in [1.82, 2.24) is 0 Å². The molecule has 0 bridgehead atoms. The minimum Gasteiger partial charge on any atom is -0.796 e. The van der Waals surface area contributed by atoms with Crippen LogP contribution in [-0.2, 0) is 14.0 Å². The van der Waals surface area contributed by atoms with E-state index in [0.717, 1.165) is 0 Å². The van der Waals surface area contributed by atoms with Crippen molar-refractivity contribution in [2.24, 2.45) is 0 Å². The van der Waals surface area contributed by atoms with Crippen molar-refractivity contribution < 1.29 is 18.9 Å². The molecule has 0 heterocycles. The molecule has 5 heteroatoms. The van der Waals surface area contributed by atoms with Crippen molar-refractivity contribution in [3.8, 4) is 0 Å². The van der Waals surface area contributed by atoms with Gasteiger partial charge in [0.2, 0.25) is 0 Å². The van der Waals surface area contributed by atoms with Crippen molar-refractivity contribution >= 4 is 7.37 Å². The highest BCUT2D eigenvalue weighted by Gasteiger charge is 2.20. The summed E-state index contributed by atoms with van der Waals surface area (Å²) in [7, 11) is -3.51. The lowest BCUT2D eigenvalue weighted by atomic mass is 10.9. The number of hydrogen-bond donors (Lipinski definition) is 0. The maximum absolute atomic E-state index is 11.3. The van der Waals surface area contributed by atoms with Gasteiger partial charge in [-0.3, -0.25) is 0 Å². The smallest absolute Gasteiger partial charge is 0.197 e. The lowest BCUT2D eigenvalue weighted by molar-refractivity contribution is -0.207. The van der Waals surface area contributed by atoms with Crippen LogP contribution in [0.15, 0.2) is 0 Å². The number of hydrogen-bond acceptors (Lipinski definition) is 4. The molecule has 0 rings (SSSR count). The monoisotopic (exact) mass is 195 g/mol. The average Bonchev–Trinajstić information content (AvgIpc) is 2.04. The van der Waals surface area contributed by atoms with Gasteiger partial charge >= 0.3 is 0 Å². The Kier molecular flexibility index (Phi) is 5.76. The van der Waals surface area contributed by atoms with Gasteiger partial charge in [-0.05, 0) is 20.0 Å². The second-order valence-electron chi connectivity index (χ2n) is 2.26. The molecule has 0 aromatic rings. The van der Waals surface area contributed by atoms with Gasteiger partial charge in [-0.1, -0.05) is 6.92 Å². The predicted octanol–water partition coefficient (Wildman–Crippen LogP) is 1.00. The van der Waals surface area contributed by atoms with Gasteiger partial charge in [0.1, 0.15) is 0 Å². The van der Waals surface area contributed by atoms with Gasteiger partial charge in [-0.25, -0.2) is 0 Å². The first-order valence-corrected chi connectivity index (χ1v) is 5.99. The standard InChI is InChI=1S/C7H17O4P/c1-4-10-7(11-5-2)12(8,9)6-3/h7H,4-6H2,1-3H3,(H,8,9)/p-1. The maximum atomic E-state index is 11.3. The maximum Gasteiger partial charge on any atom is 0.197 e. The van der Waals surface area contributed by atoms with E-state index >= 15 is 0 Å². The van der Waals surface area contributed by atoms with Gasteiger partial charge in [0.15, 0.2) is 6.03 Å². The van der Waals surface area contributed by atoms with E-state index in [0.29, 0.717) is 13.2 Å². The van der Waals surface area contributed by atoms with Crippen LogP contribution in [0.1, 0.15) is 20.8 Å². The summed E-state index contributed by atoms with van der Waals surface area (Å²) < 4.78 is 21.1. The molecule has 0 aliphatic heterocycles. The molecule has 0 spiro atoms. The van der Waals surface area contributed by atoms with Gasteiger partial charge in [0.25, 0.3) is 0 Å². The minimum atomic E-state index is -3.51. The highest BCUT2D eigenvalue weighted by molar-refractivity contribution is 7.56. The van der Waals surface area contributed by atoms with Crippen LogP contribution in [-0.4, -0.2) is 25.4 Å². The topological polar surface area (TPSA) is 58.6 Å². The van der Waals surface area contributed by atoms with Crippen molar-refractivity contribution in [2.75, 3.05) is 19.4 Å². The van der Waals surface area contributed by atoms with Crippen molar-refractivity contribution in [2.45, 2.75) is 26.8 Å². The first-order valence-electron chi connectivity index (χ1n) is 4.11. The Labute approximate surface area is 73.3 Å². The summed E-state index contributed by atoms with van der Waals surface area (Å²) in [5, 5.41) is 0. The van der Waals surface area contributed by atoms with Crippen LogP contribution in [0, 0.1) is 0 Å². The molecule has 0 aromatic heterocycles. The molecule has 0 saturated carbocycles. The molecule has 0 radical (unpaired) electrons. The van der Waals surface area contributed by atoms with Crippen molar-refractivity contribution in [3.05, 3.63) is 0 Å². The largest absolute Gasteiger partial charge is 0.796 e. The highest BCUT2D eigenvalue weighted by atomic mass is 31.2. The quantitative estimate of drug-likeness (QED) is 0.468. The number of ether oxygens (including phenoxy) is 2. The zero-order chi connectivity index (χ0) is 9.61. The molecule has 0 saturated heterocycles. The van der Waals surface area contributed by atoms with Gasteiger partial charge < -0.3 is 18.9 Å². The van der Waals surface area contributed by atoms with E-state index in [1.54, 1.807) is 20.8 Å². The third-order valence-electron chi connectivity index (χ3n) is 1.38. The summed E-state index contributed by atoms with van der Waals surface area (Å²) in [4.78, 5) is 11.3. The highest BCUT2D eigenvalue weighted by Crippen LogP contribution is 2.42. The molecule has 0 fully saturated rings. The lowest BCUT2D eigenvalue weighted by Crippen LogP contribution is -2.25. The lowest BCUT2D eigenvalue weighted by Gasteiger charge is -2.30. The van der Waals surface area contributed by atoms with E-state index in [-0.39, 0.29) is 6.16 Å². The molecular formula is C7H16O4P-. The molecule has 0 aliphatic carbocycles. The third-order valence-corrected chi connectivity index (χ3v) is 3.20. The van der Waals surface area contributed by atoms with Crippen LogP contribution in [0.25, 0.3) is 0 Å². The van der Waals surface area contributed by atoms with E-state index in [4.69, 9.17) is 9.47 Å². The average molecular weight is 195 g/mol. The Morgan fingerprint density at radius 2 is 1.67 bits per heavy atom. The Balaban J connectivity index is 4.17. The summed E-state index contributed by atoms with van der Waals surface area (Å²) in [6, 6.07) is -1.06. The number of rotatable bonds is 6. The fraction of sp³-hybridized carbons (Fsp3) is 1.00. The minimum absolute atomic E-state index is 0.0671. The van der Waals surface area contributed by atoms with Crippen LogP contribution in [0.4, 0.5) is 0 Å². The molecule has 0 N–H and O–H groups in total. The summed E-state index contributed by atoms with van der Waals surface area (Å²) in [6.07, 6.45) is 0.0671. The molecule has 12 heavy (non-hydrogen) atoms. The second kappa shape index (κ2) is 5.70. The summed E-state index contributed by atoms with van der Waals surface area (Å²) in [6.45, 7) is 5.75. The molecule has 4 nitrogen and oxygen atoms in total. The zero-order valence-corrected chi connectivity index (χ0v) is 8.67. The van der Waals surface area contributed by atoms with Crippen LogP contribution in [0.3, 0.4) is 0 Å². The molecule has 74 valence electrons. The molecule has 0 aliphatic rings. The summed E-state index contributed by atoms with van der Waals surface area (Å²) in [5.74, 6) is 0. The van der Waals surface area contributed by atoms with Crippen molar-refractivity contribution in [1.29, 1.82) is 0 Å². The van der Waals surface area contributed by atoms with Gasteiger partial charge in [0.05, 0.1) is 7.37 Å². The van der Waals surface area contributed by atoms with Gasteiger partial charge in [-0.15, -0.1) is 0 Å². The van der Waals surface area contributed by atoms with Crippen molar-refractivity contribution in [3.63, 3.8) is 0 Å². The van der Waals surface area contributed by atoms with E-state index in [1.807, 2.05) is 0 Å². The predicted molar refractivity (Wildman–Crippen MR) is 45.2 cm³/mol. The molecule has 0 aromatic carbocycles. The van der Waals surface area contributed by atoms with E-state index in [2.05, 4.69) is 0 Å². The summed E-state index contributed by atoms with van der Waals surface area (Å²) >= 11 is 0. The Hall–Kier alpha value is 0.110. The van der Waals surface area contributed by atoms with Gasteiger partial charge in [-0.2, -0.15) is 0 Å². The third kappa shape index (κ3) is 3.68. The first kappa shape index (κ1) is 12.1. The van der Waals surface area contributed by atoms with Crippen LogP contribution in [0.5, 0.6) is 0 Å². The Morgan fingerprint density at radius 1 is 1.25 bits per heavy atom. The second-order valence-corrected chi connectivity index (χ2v) is 4.77. The molecular weight excluding hydrogens is 179 g/mol. The normalized spacial score (nSPS) is 16.4. The van der Waals surface area contributed by atoms with Gasteiger partial charge in [0, 0.05) is 13.2 Å². The zero-order valence-electron chi connectivity index (χ0n) is 7.78. The first-order chi connectivity index (χ1) is 5.58.